The van der Waals surface area contributed by atoms with Gasteiger partial charge >= 0.3 is 0 Å². The van der Waals surface area contributed by atoms with Gasteiger partial charge < -0.3 is 4.98 Å². The predicted octanol–water partition coefficient (Wildman–Crippen LogP) is 3.89. The number of aromatic nitrogens is 1. The van der Waals surface area contributed by atoms with Gasteiger partial charge in [0.15, 0.2) is 0 Å². The second-order valence-corrected chi connectivity index (χ2v) is 3.98. The third-order valence-electron chi connectivity index (χ3n) is 1.83. The molecule has 0 saturated carbocycles. The second kappa shape index (κ2) is 2.79. The van der Waals surface area contributed by atoms with Crippen LogP contribution in [0.1, 0.15) is 5.69 Å². The molecule has 0 unspecified atom stereocenters. The molecule has 0 saturated heterocycles. The zero-order chi connectivity index (χ0) is 8.72. The molecule has 2 aromatic rings. The number of H-pyrrole nitrogens is 1. The number of nitrogens with one attached hydrogen (secondary N) is 1. The van der Waals surface area contributed by atoms with E-state index in [9.17, 15) is 0 Å². The number of halogens is 2. The van der Waals surface area contributed by atoms with Gasteiger partial charge in [0.25, 0.3) is 0 Å². The Kier molecular flexibility index (Phi) is 1.89. The molecule has 1 N–H and O–H groups in total. The van der Waals surface area contributed by atoms with Gasteiger partial charge in [0.2, 0.25) is 0 Å². The van der Waals surface area contributed by atoms with Crippen LogP contribution in [0.4, 0.5) is 0 Å². The van der Waals surface area contributed by atoms with Crippen molar-refractivity contribution in [2.75, 3.05) is 0 Å². The van der Waals surface area contributed by atoms with Crippen molar-refractivity contribution in [1.82, 2.24) is 4.98 Å². The van der Waals surface area contributed by atoms with Gasteiger partial charge in [0.1, 0.15) is 0 Å². The van der Waals surface area contributed by atoms with E-state index in [-0.39, 0.29) is 0 Å². The molecule has 0 spiro atoms. The van der Waals surface area contributed by atoms with Crippen LogP contribution in [0.3, 0.4) is 0 Å². The van der Waals surface area contributed by atoms with Gasteiger partial charge in [-0.1, -0.05) is 11.6 Å². The Morgan fingerprint density at radius 2 is 2.17 bits per heavy atom. The van der Waals surface area contributed by atoms with E-state index < -0.39 is 0 Å². The first kappa shape index (κ1) is 8.14. The largest absolute Gasteiger partial charge is 0.359 e. The summed E-state index contributed by atoms with van der Waals surface area (Å²) in [4.78, 5) is 3.24. The van der Waals surface area contributed by atoms with Gasteiger partial charge in [-0.25, -0.2) is 0 Å². The smallest absolute Gasteiger partial charge is 0.0555 e. The lowest BCUT2D eigenvalue weighted by Crippen LogP contribution is -1.71. The molecular weight excluding hydrogens is 237 g/mol. The average molecular weight is 245 g/mol. The molecule has 1 nitrogen and oxygen atoms in total. The summed E-state index contributed by atoms with van der Waals surface area (Å²) in [6.07, 6.45) is 0. The lowest BCUT2D eigenvalue weighted by molar-refractivity contribution is 1.30. The van der Waals surface area contributed by atoms with E-state index in [1.807, 2.05) is 19.1 Å². The fraction of sp³-hybridized carbons (Fsp3) is 0.111. The minimum atomic E-state index is 0.751. The van der Waals surface area contributed by atoms with E-state index in [4.69, 9.17) is 11.6 Å². The van der Waals surface area contributed by atoms with Gasteiger partial charge in [-0.3, -0.25) is 0 Å². The molecule has 0 aliphatic carbocycles. The van der Waals surface area contributed by atoms with Crippen LogP contribution < -0.4 is 0 Å². The van der Waals surface area contributed by atoms with Crippen LogP contribution in [0.5, 0.6) is 0 Å². The molecule has 1 aromatic heterocycles. The summed E-state index contributed by atoms with van der Waals surface area (Å²) >= 11 is 9.38. The van der Waals surface area contributed by atoms with Crippen molar-refractivity contribution in [3.8, 4) is 0 Å². The number of aromatic amines is 1. The van der Waals surface area contributed by atoms with E-state index in [0.29, 0.717) is 0 Å². The Morgan fingerprint density at radius 1 is 1.42 bits per heavy atom. The Labute approximate surface area is 83.9 Å². The highest BCUT2D eigenvalue weighted by molar-refractivity contribution is 9.10. The number of hydrogen-bond donors (Lipinski definition) is 1. The van der Waals surface area contributed by atoms with Crippen molar-refractivity contribution in [3.63, 3.8) is 0 Å². The van der Waals surface area contributed by atoms with E-state index in [2.05, 4.69) is 27.0 Å². The summed E-state index contributed by atoms with van der Waals surface area (Å²) < 4.78 is 0.964. The van der Waals surface area contributed by atoms with Crippen LogP contribution in [0.15, 0.2) is 22.7 Å². The fourth-order valence-electron chi connectivity index (χ4n) is 1.28. The lowest BCUT2D eigenvalue weighted by atomic mass is 10.2. The maximum Gasteiger partial charge on any atom is 0.0555 e. The summed E-state index contributed by atoms with van der Waals surface area (Å²) in [5, 5.41) is 1.89. The molecule has 0 aliphatic rings. The third kappa shape index (κ3) is 1.15. The molecule has 0 atom stereocenters. The Hall–Kier alpha value is -0.470. The Morgan fingerprint density at radius 3 is 2.92 bits per heavy atom. The summed E-state index contributed by atoms with van der Waals surface area (Å²) in [5.74, 6) is 0. The fourth-order valence-corrected chi connectivity index (χ4v) is 1.91. The molecule has 1 aromatic carbocycles. The molecule has 0 fully saturated rings. The molecule has 2 rings (SSSR count). The lowest BCUT2D eigenvalue weighted by Gasteiger charge is -1.95. The van der Waals surface area contributed by atoms with Crippen molar-refractivity contribution >= 4 is 38.4 Å². The molecule has 0 bridgehead atoms. The predicted molar refractivity (Wildman–Crippen MR) is 55.7 cm³/mol. The highest BCUT2D eigenvalue weighted by Crippen LogP contribution is 2.31. The Bertz CT molecular complexity index is 433. The maximum atomic E-state index is 5.94. The first-order valence-electron chi connectivity index (χ1n) is 3.62. The van der Waals surface area contributed by atoms with Crippen LogP contribution in [0.2, 0.25) is 5.02 Å². The number of rotatable bonds is 0. The zero-order valence-corrected chi connectivity index (χ0v) is 8.83. The van der Waals surface area contributed by atoms with E-state index in [0.717, 1.165) is 26.1 Å². The van der Waals surface area contributed by atoms with Crippen LogP contribution in [-0.2, 0) is 0 Å². The molecular formula is C9H7BrClN. The molecule has 0 aliphatic heterocycles. The quantitative estimate of drug-likeness (QED) is 0.724. The van der Waals surface area contributed by atoms with Crippen molar-refractivity contribution in [2.45, 2.75) is 6.92 Å². The van der Waals surface area contributed by atoms with Crippen molar-refractivity contribution in [1.29, 1.82) is 0 Å². The van der Waals surface area contributed by atoms with Crippen LogP contribution >= 0.6 is 27.5 Å². The normalized spacial score (nSPS) is 10.9. The van der Waals surface area contributed by atoms with Crippen LogP contribution in [-0.4, -0.2) is 4.98 Å². The minimum absolute atomic E-state index is 0.751. The number of aryl methyl sites for hydroxylation is 1. The topological polar surface area (TPSA) is 15.8 Å². The second-order valence-electron chi connectivity index (χ2n) is 2.77. The van der Waals surface area contributed by atoms with Crippen molar-refractivity contribution < 1.29 is 0 Å². The highest BCUT2D eigenvalue weighted by Gasteiger charge is 2.04. The van der Waals surface area contributed by atoms with Gasteiger partial charge in [0.05, 0.1) is 5.02 Å². The van der Waals surface area contributed by atoms with Gasteiger partial charge in [-0.05, 0) is 41.1 Å². The summed E-state index contributed by atoms with van der Waals surface area (Å²) in [6.45, 7) is 2.03. The Balaban J connectivity index is 2.89. The number of hydrogen-bond acceptors (Lipinski definition) is 0. The monoisotopic (exact) mass is 243 g/mol. The minimum Gasteiger partial charge on any atom is -0.359 e. The molecule has 62 valence electrons. The maximum absolute atomic E-state index is 5.94. The van der Waals surface area contributed by atoms with E-state index in [1.54, 1.807) is 0 Å². The first-order chi connectivity index (χ1) is 5.68. The van der Waals surface area contributed by atoms with Gasteiger partial charge in [-0.15, -0.1) is 0 Å². The number of benzene rings is 1. The molecule has 12 heavy (non-hydrogen) atoms. The van der Waals surface area contributed by atoms with Gasteiger partial charge in [0, 0.05) is 21.1 Å². The van der Waals surface area contributed by atoms with Crippen LogP contribution in [0, 0.1) is 6.92 Å². The molecule has 3 heteroatoms. The SMILES string of the molecule is Cc1cc2c(Br)c(Cl)ccc2[nH]1. The average Bonchev–Trinajstić information content (AvgIpc) is 2.39. The van der Waals surface area contributed by atoms with E-state index >= 15 is 0 Å². The molecule has 0 amide bonds. The molecule has 1 heterocycles. The van der Waals surface area contributed by atoms with E-state index in [1.165, 1.54) is 0 Å². The molecule has 0 radical (unpaired) electrons. The summed E-state index contributed by atoms with van der Waals surface area (Å²) in [5.41, 5.74) is 2.26. The zero-order valence-electron chi connectivity index (χ0n) is 6.49. The summed E-state index contributed by atoms with van der Waals surface area (Å²) in [6, 6.07) is 5.94. The third-order valence-corrected chi connectivity index (χ3v) is 3.22. The van der Waals surface area contributed by atoms with Crippen molar-refractivity contribution in [2.24, 2.45) is 0 Å². The standard InChI is InChI=1S/C9H7BrClN/c1-5-4-6-8(12-5)3-2-7(11)9(6)10/h2-4,12H,1H3. The number of fused-ring (bicyclic) bond motifs is 1. The van der Waals surface area contributed by atoms with Crippen molar-refractivity contribution in [3.05, 3.63) is 33.4 Å². The summed E-state index contributed by atoms with van der Waals surface area (Å²) in [7, 11) is 0. The first-order valence-corrected chi connectivity index (χ1v) is 4.79. The van der Waals surface area contributed by atoms with Crippen LogP contribution in [0.25, 0.3) is 10.9 Å². The van der Waals surface area contributed by atoms with Gasteiger partial charge in [-0.2, -0.15) is 0 Å². The highest BCUT2D eigenvalue weighted by atomic mass is 79.9.